The highest BCUT2D eigenvalue weighted by atomic mass is 79.9. The Kier molecular flexibility index (Phi) is 5.58. The summed E-state index contributed by atoms with van der Waals surface area (Å²) in [5.74, 6) is 0.106. The van der Waals surface area contributed by atoms with E-state index < -0.39 is 4.92 Å². The van der Waals surface area contributed by atoms with E-state index >= 15 is 0 Å². The predicted molar refractivity (Wildman–Crippen MR) is 122 cm³/mol. The van der Waals surface area contributed by atoms with E-state index in [-0.39, 0.29) is 11.5 Å². The standard InChI is InChI=1S/C22H18BrN5O2/c1-15-19(13-25-26-22-21(28(29)30)7-4-12-24-22)18-5-2-3-6-20(18)27(15)14-16-8-10-17(23)11-9-16/h2-13H,14H2,1H3,(H,24,26)/b25-13-. The quantitative estimate of drug-likeness (QED) is 0.232. The number of hydrogen-bond acceptors (Lipinski definition) is 5. The number of benzene rings is 2. The van der Waals surface area contributed by atoms with Crippen LogP contribution >= 0.6 is 15.9 Å². The lowest BCUT2D eigenvalue weighted by Crippen LogP contribution is -2.02. The highest BCUT2D eigenvalue weighted by Gasteiger charge is 2.15. The van der Waals surface area contributed by atoms with Gasteiger partial charge in [0.1, 0.15) is 0 Å². The first kappa shape index (κ1) is 19.8. The van der Waals surface area contributed by atoms with Crippen LogP contribution in [0.15, 0.2) is 76.4 Å². The Morgan fingerprint density at radius 2 is 1.93 bits per heavy atom. The molecule has 0 spiro atoms. The van der Waals surface area contributed by atoms with E-state index in [9.17, 15) is 10.1 Å². The predicted octanol–water partition coefficient (Wildman–Crippen LogP) is 5.51. The SMILES string of the molecule is Cc1c(/C=N\Nc2ncccc2[N+](=O)[O-])c2ccccc2n1Cc1ccc(Br)cc1. The molecule has 0 unspecified atom stereocenters. The van der Waals surface area contributed by atoms with E-state index in [1.54, 1.807) is 6.21 Å². The van der Waals surface area contributed by atoms with E-state index in [4.69, 9.17) is 0 Å². The van der Waals surface area contributed by atoms with Crippen LogP contribution < -0.4 is 5.43 Å². The lowest BCUT2D eigenvalue weighted by Gasteiger charge is -2.09. The molecule has 0 aliphatic heterocycles. The third kappa shape index (κ3) is 3.95. The third-order valence-corrected chi connectivity index (χ3v) is 5.41. The second-order valence-corrected chi connectivity index (χ2v) is 7.64. The van der Waals surface area contributed by atoms with Gasteiger partial charge in [-0.2, -0.15) is 5.10 Å². The summed E-state index contributed by atoms with van der Waals surface area (Å²) in [6.07, 6.45) is 3.17. The number of fused-ring (bicyclic) bond motifs is 1. The number of hydrogen-bond donors (Lipinski definition) is 1. The molecule has 4 rings (SSSR count). The zero-order valence-corrected chi connectivity index (χ0v) is 17.7. The van der Waals surface area contributed by atoms with Crippen molar-refractivity contribution in [2.24, 2.45) is 5.10 Å². The Morgan fingerprint density at radius 1 is 1.17 bits per heavy atom. The Morgan fingerprint density at radius 3 is 2.70 bits per heavy atom. The minimum atomic E-state index is -0.486. The summed E-state index contributed by atoms with van der Waals surface area (Å²) in [7, 11) is 0. The molecule has 30 heavy (non-hydrogen) atoms. The first-order chi connectivity index (χ1) is 14.5. The summed E-state index contributed by atoms with van der Waals surface area (Å²) >= 11 is 3.47. The van der Waals surface area contributed by atoms with Crippen LogP contribution in [0, 0.1) is 17.0 Å². The highest BCUT2D eigenvalue weighted by molar-refractivity contribution is 9.10. The molecule has 0 saturated carbocycles. The number of anilines is 1. The van der Waals surface area contributed by atoms with Gasteiger partial charge in [0, 0.05) is 45.4 Å². The third-order valence-electron chi connectivity index (χ3n) is 4.88. The molecule has 7 nitrogen and oxygen atoms in total. The van der Waals surface area contributed by atoms with Crippen LogP contribution in [0.1, 0.15) is 16.8 Å². The molecule has 0 aliphatic carbocycles. The van der Waals surface area contributed by atoms with Crippen molar-refractivity contribution in [3.63, 3.8) is 0 Å². The van der Waals surface area contributed by atoms with Gasteiger partial charge < -0.3 is 4.57 Å². The van der Waals surface area contributed by atoms with E-state index in [0.717, 1.165) is 33.2 Å². The van der Waals surface area contributed by atoms with Crippen molar-refractivity contribution in [1.29, 1.82) is 0 Å². The van der Waals surface area contributed by atoms with Crippen molar-refractivity contribution in [3.8, 4) is 0 Å². The summed E-state index contributed by atoms with van der Waals surface area (Å²) in [4.78, 5) is 14.7. The molecule has 150 valence electrons. The van der Waals surface area contributed by atoms with Crippen molar-refractivity contribution in [3.05, 3.63) is 98.3 Å². The van der Waals surface area contributed by atoms with Crippen LogP contribution in [-0.2, 0) is 6.54 Å². The Balaban J connectivity index is 1.68. The van der Waals surface area contributed by atoms with Crippen molar-refractivity contribution >= 4 is 44.6 Å². The average molecular weight is 464 g/mol. The number of halogens is 1. The molecule has 0 aliphatic rings. The number of nitrogens with zero attached hydrogens (tertiary/aromatic N) is 4. The molecule has 0 radical (unpaired) electrons. The molecule has 2 aromatic carbocycles. The van der Waals surface area contributed by atoms with Gasteiger partial charge in [0.15, 0.2) is 0 Å². The molecule has 0 saturated heterocycles. The van der Waals surface area contributed by atoms with E-state index in [0.29, 0.717) is 0 Å². The number of hydrazone groups is 1. The van der Waals surface area contributed by atoms with Gasteiger partial charge >= 0.3 is 5.69 Å². The maximum atomic E-state index is 11.1. The molecule has 8 heteroatoms. The maximum absolute atomic E-state index is 11.1. The second kappa shape index (κ2) is 8.46. The topological polar surface area (TPSA) is 85.3 Å². The van der Waals surface area contributed by atoms with Crippen molar-refractivity contribution in [2.75, 3.05) is 5.43 Å². The summed E-state index contributed by atoms with van der Waals surface area (Å²) in [5, 5.41) is 16.4. The van der Waals surface area contributed by atoms with Crippen LogP contribution in [0.25, 0.3) is 10.9 Å². The van der Waals surface area contributed by atoms with E-state index in [1.165, 1.54) is 23.9 Å². The number of nitrogens with one attached hydrogen (secondary N) is 1. The normalized spacial score (nSPS) is 11.3. The molecule has 1 N–H and O–H groups in total. The van der Waals surface area contributed by atoms with Gasteiger partial charge in [-0.15, -0.1) is 0 Å². The summed E-state index contributed by atoms with van der Waals surface area (Å²) in [6, 6.07) is 19.3. The highest BCUT2D eigenvalue weighted by Crippen LogP contribution is 2.26. The lowest BCUT2D eigenvalue weighted by molar-refractivity contribution is -0.384. The van der Waals surface area contributed by atoms with Gasteiger partial charge in [0.05, 0.1) is 11.1 Å². The van der Waals surface area contributed by atoms with Crippen LogP contribution in [-0.4, -0.2) is 20.7 Å². The van der Waals surface area contributed by atoms with E-state index in [2.05, 4.69) is 54.2 Å². The fourth-order valence-electron chi connectivity index (χ4n) is 3.39. The number of pyridine rings is 1. The van der Waals surface area contributed by atoms with Gasteiger partial charge in [-0.3, -0.25) is 15.5 Å². The molecule has 2 aromatic heterocycles. The smallest absolute Gasteiger partial charge is 0.313 e. The van der Waals surface area contributed by atoms with Crippen LogP contribution in [0.5, 0.6) is 0 Å². The fourth-order valence-corrected chi connectivity index (χ4v) is 3.65. The van der Waals surface area contributed by atoms with Gasteiger partial charge in [0.2, 0.25) is 5.82 Å². The Labute approximate surface area is 181 Å². The van der Waals surface area contributed by atoms with Crippen LogP contribution in [0.3, 0.4) is 0 Å². The molecule has 0 fully saturated rings. The number of nitro groups is 1. The van der Waals surface area contributed by atoms with Crippen LogP contribution in [0.4, 0.5) is 11.5 Å². The maximum Gasteiger partial charge on any atom is 0.313 e. The molecule has 0 atom stereocenters. The summed E-state index contributed by atoms with van der Waals surface area (Å²) in [5.41, 5.74) is 6.88. The summed E-state index contributed by atoms with van der Waals surface area (Å²) in [6.45, 7) is 2.77. The zero-order chi connectivity index (χ0) is 21.1. The molecule has 0 amide bonds. The second-order valence-electron chi connectivity index (χ2n) is 6.73. The zero-order valence-electron chi connectivity index (χ0n) is 16.1. The van der Waals surface area contributed by atoms with Crippen LogP contribution in [0.2, 0.25) is 0 Å². The minimum absolute atomic E-state index is 0.106. The van der Waals surface area contributed by atoms with Crippen molar-refractivity contribution < 1.29 is 4.92 Å². The lowest BCUT2D eigenvalue weighted by atomic mass is 10.1. The fraction of sp³-hybridized carbons (Fsp3) is 0.0909. The average Bonchev–Trinajstić information content (AvgIpc) is 3.01. The van der Waals surface area contributed by atoms with Crippen molar-refractivity contribution in [1.82, 2.24) is 9.55 Å². The largest absolute Gasteiger partial charge is 0.340 e. The van der Waals surface area contributed by atoms with Gasteiger partial charge in [-0.25, -0.2) is 4.98 Å². The number of para-hydroxylation sites is 1. The molecule has 2 heterocycles. The Bertz CT molecular complexity index is 1250. The molecule has 0 bridgehead atoms. The number of aromatic nitrogens is 2. The minimum Gasteiger partial charge on any atom is -0.340 e. The van der Waals surface area contributed by atoms with Gasteiger partial charge in [-0.1, -0.05) is 46.3 Å². The Hall–Kier alpha value is -3.52. The van der Waals surface area contributed by atoms with Gasteiger partial charge in [0.25, 0.3) is 0 Å². The first-order valence-electron chi connectivity index (χ1n) is 9.25. The summed E-state index contributed by atoms with van der Waals surface area (Å²) < 4.78 is 3.28. The molecular weight excluding hydrogens is 446 g/mol. The van der Waals surface area contributed by atoms with E-state index in [1.807, 2.05) is 37.3 Å². The van der Waals surface area contributed by atoms with Gasteiger partial charge in [-0.05, 0) is 36.8 Å². The molecule has 4 aromatic rings. The molecular formula is C22H18BrN5O2. The number of rotatable bonds is 6. The monoisotopic (exact) mass is 463 g/mol. The first-order valence-corrected chi connectivity index (χ1v) is 10.0. The van der Waals surface area contributed by atoms with Crippen molar-refractivity contribution in [2.45, 2.75) is 13.5 Å².